The Morgan fingerprint density at radius 3 is 2.40 bits per heavy atom. The number of hydrogen-bond donors (Lipinski definition) is 1. The number of fused-ring (bicyclic) bond motifs is 1. The normalized spacial score (nSPS) is 13.6. The first kappa shape index (κ1) is 20.1. The molecular weight excluding hydrogens is 403 g/mol. The van der Waals surface area contributed by atoms with Gasteiger partial charge in [-0.05, 0) is 79.9 Å². The van der Waals surface area contributed by atoms with Gasteiger partial charge in [0.1, 0.15) is 5.82 Å². The summed E-state index contributed by atoms with van der Waals surface area (Å²) in [5.41, 5.74) is 3.39. The molecule has 0 radical (unpaired) electrons. The van der Waals surface area contributed by atoms with Gasteiger partial charge in [-0.15, -0.1) is 0 Å². The van der Waals surface area contributed by atoms with E-state index in [0.29, 0.717) is 29.9 Å². The summed E-state index contributed by atoms with van der Waals surface area (Å²) in [6, 6.07) is 17.3. The average Bonchev–Trinajstić information content (AvgIpc) is 2.74. The number of sulfonamides is 1. The van der Waals surface area contributed by atoms with Gasteiger partial charge in [-0.3, -0.25) is 9.10 Å². The molecule has 0 saturated carbocycles. The maximum Gasteiger partial charge on any atom is 0.264 e. The second-order valence-electron chi connectivity index (χ2n) is 7.30. The lowest BCUT2D eigenvalue weighted by atomic mass is 10.0. The van der Waals surface area contributed by atoms with E-state index in [1.165, 1.54) is 28.6 Å². The summed E-state index contributed by atoms with van der Waals surface area (Å²) < 4.78 is 40.8. The van der Waals surface area contributed by atoms with Gasteiger partial charge in [0.25, 0.3) is 15.9 Å². The molecule has 1 N–H and O–H groups in total. The summed E-state index contributed by atoms with van der Waals surface area (Å²) in [4.78, 5) is 12.6. The highest BCUT2D eigenvalue weighted by atomic mass is 32.2. The van der Waals surface area contributed by atoms with Gasteiger partial charge in [0.05, 0.1) is 10.6 Å². The van der Waals surface area contributed by atoms with Crippen LogP contribution in [0.25, 0.3) is 0 Å². The van der Waals surface area contributed by atoms with Crippen LogP contribution in [0, 0.1) is 12.7 Å². The van der Waals surface area contributed by atoms with Crippen molar-refractivity contribution >= 4 is 27.3 Å². The second-order valence-corrected chi connectivity index (χ2v) is 9.16. The van der Waals surface area contributed by atoms with Gasteiger partial charge in [-0.1, -0.05) is 17.7 Å². The van der Waals surface area contributed by atoms with Crippen molar-refractivity contribution in [3.05, 3.63) is 89.2 Å². The van der Waals surface area contributed by atoms with Crippen LogP contribution in [0.3, 0.4) is 0 Å². The summed E-state index contributed by atoms with van der Waals surface area (Å²) >= 11 is 0. The molecular formula is C23H21FN2O3S. The highest BCUT2D eigenvalue weighted by Gasteiger charge is 2.29. The van der Waals surface area contributed by atoms with E-state index in [0.717, 1.165) is 17.5 Å². The minimum atomic E-state index is -3.66. The number of hydrogen-bond acceptors (Lipinski definition) is 3. The highest BCUT2D eigenvalue weighted by Crippen LogP contribution is 2.34. The van der Waals surface area contributed by atoms with Gasteiger partial charge in [-0.2, -0.15) is 0 Å². The molecule has 4 rings (SSSR count). The van der Waals surface area contributed by atoms with Crippen LogP contribution in [0.2, 0.25) is 0 Å². The van der Waals surface area contributed by atoms with Gasteiger partial charge in [0, 0.05) is 17.8 Å². The smallest absolute Gasteiger partial charge is 0.264 e. The molecule has 0 bridgehead atoms. The van der Waals surface area contributed by atoms with Crippen molar-refractivity contribution in [1.82, 2.24) is 0 Å². The van der Waals surface area contributed by atoms with Crippen LogP contribution in [0.4, 0.5) is 15.8 Å². The van der Waals surface area contributed by atoms with E-state index in [1.54, 1.807) is 42.5 Å². The summed E-state index contributed by atoms with van der Waals surface area (Å²) in [5.74, 6) is -0.759. The van der Waals surface area contributed by atoms with Crippen LogP contribution in [0.15, 0.2) is 71.6 Å². The molecule has 0 saturated heterocycles. The lowest BCUT2D eigenvalue weighted by molar-refractivity contribution is 0.102. The van der Waals surface area contributed by atoms with E-state index < -0.39 is 15.8 Å². The number of benzene rings is 3. The largest absolute Gasteiger partial charge is 0.322 e. The average molecular weight is 424 g/mol. The molecule has 0 unspecified atom stereocenters. The Balaban J connectivity index is 1.60. The Hall–Kier alpha value is -3.19. The number of aryl methyl sites for hydroxylation is 2. The summed E-state index contributed by atoms with van der Waals surface area (Å²) in [7, 11) is -3.66. The Kier molecular flexibility index (Phi) is 5.30. The maximum absolute atomic E-state index is 13.2. The molecule has 30 heavy (non-hydrogen) atoms. The van der Waals surface area contributed by atoms with Gasteiger partial charge < -0.3 is 5.32 Å². The van der Waals surface area contributed by atoms with Crippen molar-refractivity contribution in [3.8, 4) is 0 Å². The predicted octanol–water partition coefficient (Wildman–Crippen LogP) is 4.53. The van der Waals surface area contributed by atoms with Gasteiger partial charge in [0.2, 0.25) is 0 Å². The first-order valence-electron chi connectivity index (χ1n) is 9.64. The number of amides is 1. The third kappa shape index (κ3) is 3.93. The molecule has 0 aliphatic carbocycles. The first-order valence-corrected chi connectivity index (χ1v) is 11.1. The monoisotopic (exact) mass is 424 g/mol. The lowest BCUT2D eigenvalue weighted by Gasteiger charge is -2.31. The molecule has 0 spiro atoms. The maximum atomic E-state index is 13.2. The topological polar surface area (TPSA) is 66.5 Å². The lowest BCUT2D eigenvalue weighted by Crippen LogP contribution is -2.35. The van der Waals surface area contributed by atoms with Crippen LogP contribution in [0.5, 0.6) is 0 Å². The molecule has 1 heterocycles. The van der Waals surface area contributed by atoms with E-state index in [9.17, 15) is 17.6 Å². The van der Waals surface area contributed by atoms with Crippen LogP contribution >= 0.6 is 0 Å². The second kappa shape index (κ2) is 7.91. The van der Waals surface area contributed by atoms with Crippen molar-refractivity contribution in [2.75, 3.05) is 16.2 Å². The summed E-state index contributed by atoms with van der Waals surface area (Å²) in [5, 5.41) is 2.79. The number of halogens is 1. The summed E-state index contributed by atoms with van der Waals surface area (Å²) in [6.45, 7) is 2.32. The zero-order valence-corrected chi connectivity index (χ0v) is 17.2. The molecule has 0 fully saturated rings. The molecule has 154 valence electrons. The minimum Gasteiger partial charge on any atom is -0.322 e. The zero-order chi connectivity index (χ0) is 21.3. The van der Waals surface area contributed by atoms with Crippen molar-refractivity contribution in [3.63, 3.8) is 0 Å². The standard InChI is InChI=1S/C23H21FN2O3S/c1-16-4-11-21(12-5-16)30(28,29)26-14-2-3-18-15-20(10-13-22(18)26)25-23(27)17-6-8-19(24)9-7-17/h4-13,15H,2-3,14H2,1H3,(H,25,27). The van der Waals surface area contributed by atoms with Crippen LogP contribution in [0.1, 0.15) is 27.9 Å². The molecule has 1 amide bonds. The molecule has 7 heteroatoms. The van der Waals surface area contributed by atoms with Gasteiger partial charge >= 0.3 is 0 Å². The fourth-order valence-corrected chi connectivity index (χ4v) is 5.07. The fourth-order valence-electron chi connectivity index (χ4n) is 3.53. The SMILES string of the molecule is Cc1ccc(S(=O)(=O)N2CCCc3cc(NC(=O)c4ccc(F)cc4)ccc32)cc1. The van der Waals surface area contributed by atoms with Crippen molar-refractivity contribution in [2.24, 2.45) is 0 Å². The number of anilines is 2. The van der Waals surface area contributed by atoms with E-state index in [2.05, 4.69) is 5.32 Å². The number of rotatable bonds is 4. The molecule has 0 aromatic heterocycles. The Bertz CT molecular complexity index is 1190. The van der Waals surface area contributed by atoms with Crippen molar-refractivity contribution in [2.45, 2.75) is 24.7 Å². The Morgan fingerprint density at radius 2 is 1.70 bits per heavy atom. The van der Waals surface area contributed by atoms with Crippen LogP contribution in [-0.2, 0) is 16.4 Å². The quantitative estimate of drug-likeness (QED) is 0.669. The van der Waals surface area contributed by atoms with Gasteiger partial charge in [0.15, 0.2) is 0 Å². The van der Waals surface area contributed by atoms with E-state index in [-0.39, 0.29) is 10.8 Å². The molecule has 1 aliphatic heterocycles. The minimum absolute atomic E-state index is 0.259. The van der Waals surface area contributed by atoms with Crippen molar-refractivity contribution in [1.29, 1.82) is 0 Å². The number of nitrogens with zero attached hydrogens (tertiary/aromatic N) is 1. The molecule has 3 aromatic carbocycles. The fraction of sp³-hybridized carbons (Fsp3) is 0.174. The number of carbonyl (C=O) groups excluding carboxylic acids is 1. The first-order chi connectivity index (χ1) is 14.3. The van der Waals surface area contributed by atoms with Crippen LogP contribution in [-0.4, -0.2) is 20.9 Å². The molecule has 3 aromatic rings. The Morgan fingerprint density at radius 1 is 1.00 bits per heavy atom. The number of nitrogens with one attached hydrogen (secondary N) is 1. The highest BCUT2D eigenvalue weighted by molar-refractivity contribution is 7.92. The molecule has 1 aliphatic rings. The zero-order valence-electron chi connectivity index (χ0n) is 16.4. The number of carbonyl (C=O) groups is 1. The molecule has 0 atom stereocenters. The Labute approximate surface area is 175 Å². The molecule has 5 nitrogen and oxygen atoms in total. The van der Waals surface area contributed by atoms with E-state index in [4.69, 9.17) is 0 Å². The van der Waals surface area contributed by atoms with Crippen LogP contribution < -0.4 is 9.62 Å². The summed E-state index contributed by atoms with van der Waals surface area (Å²) in [6.07, 6.45) is 1.41. The van der Waals surface area contributed by atoms with Crippen molar-refractivity contribution < 1.29 is 17.6 Å². The van der Waals surface area contributed by atoms with E-state index >= 15 is 0 Å². The third-order valence-electron chi connectivity index (χ3n) is 5.13. The predicted molar refractivity (Wildman–Crippen MR) is 115 cm³/mol. The third-order valence-corrected chi connectivity index (χ3v) is 6.96. The van der Waals surface area contributed by atoms with Gasteiger partial charge in [-0.25, -0.2) is 12.8 Å². The van der Waals surface area contributed by atoms with E-state index in [1.807, 2.05) is 6.92 Å².